The summed E-state index contributed by atoms with van der Waals surface area (Å²) >= 11 is 12.7. The number of benzene rings is 2. The molecule has 9 heteroatoms. The molecule has 2 aromatic carbocycles. The van der Waals surface area contributed by atoms with Crippen molar-refractivity contribution in [2.75, 3.05) is 19.8 Å². The number of hydrogen-bond donors (Lipinski definition) is 1. The topological polar surface area (TPSA) is 82.0 Å². The zero-order chi connectivity index (χ0) is 25.6. The first-order chi connectivity index (χ1) is 17.6. The highest BCUT2D eigenvalue weighted by Crippen LogP contribution is 2.33. The van der Waals surface area contributed by atoms with Crippen molar-refractivity contribution in [1.29, 1.82) is 0 Å². The molecule has 0 spiro atoms. The van der Waals surface area contributed by atoms with Crippen LogP contribution in [0.1, 0.15) is 48.5 Å². The van der Waals surface area contributed by atoms with Gasteiger partial charge in [-0.1, -0.05) is 49.4 Å². The Morgan fingerprint density at radius 1 is 0.889 bits per heavy atom. The molecule has 1 heterocycles. The molecule has 0 aliphatic carbocycles. The van der Waals surface area contributed by atoms with Crippen LogP contribution in [0.2, 0.25) is 10.0 Å². The zero-order valence-corrected chi connectivity index (χ0v) is 21.6. The standard InChI is InChI=1S/C27H29Cl2N3O4/c1-2-3-4-5-14-34-22-6-8-23(9-7-22)35-15-16-36-26-24(28)17-20(18-25(26)29)19-31-32-27(33)21-10-12-30-13-11-21/h6-13,17-19H,2-5,14-16H2,1H3,(H,32,33)/b31-19-. The summed E-state index contributed by atoms with van der Waals surface area (Å²) in [5.41, 5.74) is 3.50. The van der Waals surface area contributed by atoms with Gasteiger partial charge in [0.2, 0.25) is 0 Å². The van der Waals surface area contributed by atoms with E-state index in [4.69, 9.17) is 37.4 Å². The average Bonchev–Trinajstić information content (AvgIpc) is 2.89. The summed E-state index contributed by atoms with van der Waals surface area (Å²) in [4.78, 5) is 15.9. The van der Waals surface area contributed by atoms with Crippen LogP contribution >= 0.6 is 23.2 Å². The summed E-state index contributed by atoms with van der Waals surface area (Å²) in [6.07, 6.45) is 9.21. The second-order valence-corrected chi connectivity index (χ2v) is 8.64. The summed E-state index contributed by atoms with van der Waals surface area (Å²) in [6, 6.07) is 14.0. The molecule has 1 aromatic heterocycles. The molecule has 1 N–H and O–H groups in total. The van der Waals surface area contributed by atoms with Gasteiger partial charge in [-0.3, -0.25) is 9.78 Å². The van der Waals surface area contributed by atoms with Gasteiger partial charge in [0.1, 0.15) is 24.7 Å². The van der Waals surface area contributed by atoms with Crippen molar-refractivity contribution in [1.82, 2.24) is 10.4 Å². The van der Waals surface area contributed by atoms with E-state index in [1.54, 1.807) is 24.3 Å². The van der Waals surface area contributed by atoms with Gasteiger partial charge in [0, 0.05) is 18.0 Å². The normalized spacial score (nSPS) is 10.9. The van der Waals surface area contributed by atoms with E-state index in [1.165, 1.54) is 37.9 Å². The highest BCUT2D eigenvalue weighted by atomic mass is 35.5. The fourth-order valence-electron chi connectivity index (χ4n) is 3.18. The monoisotopic (exact) mass is 529 g/mol. The molecule has 1 amide bonds. The Labute approximate surface area is 221 Å². The van der Waals surface area contributed by atoms with E-state index in [-0.39, 0.29) is 12.5 Å². The molecule has 0 bridgehead atoms. The van der Waals surface area contributed by atoms with Gasteiger partial charge in [-0.25, -0.2) is 5.43 Å². The predicted octanol–water partition coefficient (Wildman–Crippen LogP) is 6.57. The first-order valence-corrected chi connectivity index (χ1v) is 12.5. The molecule has 0 saturated carbocycles. The number of hydrazone groups is 1. The lowest BCUT2D eigenvalue weighted by molar-refractivity contribution is 0.0955. The number of amides is 1. The van der Waals surface area contributed by atoms with Crippen LogP contribution in [-0.4, -0.2) is 36.9 Å². The summed E-state index contributed by atoms with van der Waals surface area (Å²) in [7, 11) is 0. The van der Waals surface area contributed by atoms with E-state index in [2.05, 4.69) is 22.4 Å². The molecular formula is C27H29Cl2N3O4. The maximum Gasteiger partial charge on any atom is 0.271 e. The van der Waals surface area contributed by atoms with Gasteiger partial charge in [-0.15, -0.1) is 0 Å². The van der Waals surface area contributed by atoms with E-state index in [0.717, 1.165) is 24.5 Å². The van der Waals surface area contributed by atoms with Crippen molar-refractivity contribution in [3.05, 3.63) is 82.1 Å². The molecule has 3 rings (SSSR count). The van der Waals surface area contributed by atoms with Gasteiger partial charge < -0.3 is 14.2 Å². The maximum atomic E-state index is 12.0. The number of aromatic nitrogens is 1. The lowest BCUT2D eigenvalue weighted by atomic mass is 10.2. The Morgan fingerprint density at radius 3 is 2.14 bits per heavy atom. The third-order valence-electron chi connectivity index (χ3n) is 5.03. The van der Waals surface area contributed by atoms with Crippen LogP contribution in [0.15, 0.2) is 66.0 Å². The van der Waals surface area contributed by atoms with E-state index < -0.39 is 0 Å². The number of carbonyl (C=O) groups excluding carboxylic acids is 1. The van der Waals surface area contributed by atoms with Crippen molar-refractivity contribution in [2.24, 2.45) is 5.10 Å². The number of pyridine rings is 1. The fraction of sp³-hybridized carbons (Fsp3) is 0.296. The molecule has 0 aliphatic rings. The maximum absolute atomic E-state index is 12.0. The summed E-state index contributed by atoms with van der Waals surface area (Å²) in [5, 5.41) is 4.59. The van der Waals surface area contributed by atoms with E-state index in [9.17, 15) is 4.79 Å². The minimum Gasteiger partial charge on any atom is -0.494 e. The summed E-state index contributed by atoms with van der Waals surface area (Å²) in [6.45, 7) is 3.48. The van der Waals surface area contributed by atoms with Gasteiger partial charge in [0.15, 0.2) is 5.75 Å². The summed E-state index contributed by atoms with van der Waals surface area (Å²) in [5.74, 6) is 1.55. The number of nitrogens with zero attached hydrogens (tertiary/aromatic N) is 2. The van der Waals surface area contributed by atoms with Gasteiger partial charge in [0.05, 0.1) is 22.9 Å². The van der Waals surface area contributed by atoms with E-state index in [0.29, 0.717) is 33.5 Å². The molecule has 3 aromatic rings. The van der Waals surface area contributed by atoms with Crippen LogP contribution in [0, 0.1) is 0 Å². The first-order valence-electron chi connectivity index (χ1n) is 11.8. The predicted molar refractivity (Wildman–Crippen MR) is 143 cm³/mol. The highest BCUT2D eigenvalue weighted by molar-refractivity contribution is 6.37. The minimum atomic E-state index is -0.352. The van der Waals surface area contributed by atoms with Crippen molar-refractivity contribution in [2.45, 2.75) is 32.6 Å². The SMILES string of the molecule is CCCCCCOc1ccc(OCCOc2c(Cl)cc(/C=N\NC(=O)c3ccncc3)cc2Cl)cc1. The fourth-order valence-corrected chi connectivity index (χ4v) is 3.79. The van der Waals surface area contributed by atoms with Crippen molar-refractivity contribution < 1.29 is 19.0 Å². The molecule has 36 heavy (non-hydrogen) atoms. The van der Waals surface area contributed by atoms with Gasteiger partial charge in [0.25, 0.3) is 5.91 Å². The Kier molecular flexibility index (Phi) is 11.3. The van der Waals surface area contributed by atoms with Crippen molar-refractivity contribution >= 4 is 35.3 Å². The minimum absolute atomic E-state index is 0.255. The third kappa shape index (κ3) is 9.06. The number of nitrogens with one attached hydrogen (secondary N) is 1. The smallest absolute Gasteiger partial charge is 0.271 e. The Morgan fingerprint density at radius 2 is 1.50 bits per heavy atom. The van der Waals surface area contributed by atoms with E-state index in [1.807, 2.05) is 24.3 Å². The molecule has 190 valence electrons. The Bertz CT molecular complexity index is 1100. The number of hydrogen-bond acceptors (Lipinski definition) is 6. The quantitative estimate of drug-likeness (QED) is 0.145. The zero-order valence-electron chi connectivity index (χ0n) is 20.1. The molecule has 0 atom stereocenters. The molecule has 7 nitrogen and oxygen atoms in total. The van der Waals surface area contributed by atoms with Crippen LogP contribution in [0.25, 0.3) is 0 Å². The van der Waals surface area contributed by atoms with Crippen LogP contribution < -0.4 is 19.6 Å². The molecule has 0 aliphatic heterocycles. The number of unbranched alkanes of at least 4 members (excludes halogenated alkanes) is 3. The first kappa shape index (κ1) is 27.3. The van der Waals surface area contributed by atoms with E-state index >= 15 is 0 Å². The van der Waals surface area contributed by atoms with Crippen LogP contribution in [0.5, 0.6) is 17.2 Å². The number of rotatable bonds is 14. The molecule has 0 unspecified atom stereocenters. The lowest BCUT2D eigenvalue weighted by Crippen LogP contribution is -2.17. The van der Waals surface area contributed by atoms with Crippen LogP contribution in [0.3, 0.4) is 0 Å². The molecule has 0 fully saturated rings. The molecule has 0 radical (unpaired) electrons. The van der Waals surface area contributed by atoms with Gasteiger partial charge in [-0.2, -0.15) is 5.10 Å². The second-order valence-electron chi connectivity index (χ2n) is 7.83. The third-order valence-corrected chi connectivity index (χ3v) is 5.59. The Hall–Kier alpha value is -3.29. The van der Waals surface area contributed by atoms with Crippen molar-refractivity contribution in [3.63, 3.8) is 0 Å². The lowest BCUT2D eigenvalue weighted by Gasteiger charge is -2.12. The van der Waals surface area contributed by atoms with Crippen molar-refractivity contribution in [3.8, 4) is 17.2 Å². The second kappa shape index (κ2) is 15.0. The van der Waals surface area contributed by atoms with Gasteiger partial charge in [-0.05, 0) is 60.5 Å². The van der Waals surface area contributed by atoms with Gasteiger partial charge >= 0.3 is 0 Å². The molecule has 0 saturated heterocycles. The number of ether oxygens (including phenoxy) is 3. The largest absolute Gasteiger partial charge is 0.494 e. The van der Waals surface area contributed by atoms with Crippen LogP contribution in [-0.2, 0) is 0 Å². The number of carbonyl (C=O) groups is 1. The Balaban J connectivity index is 1.42. The highest BCUT2D eigenvalue weighted by Gasteiger charge is 2.10. The average molecular weight is 530 g/mol. The number of halogens is 2. The van der Waals surface area contributed by atoms with Crippen LogP contribution in [0.4, 0.5) is 0 Å². The molecular weight excluding hydrogens is 501 g/mol. The summed E-state index contributed by atoms with van der Waals surface area (Å²) < 4.78 is 17.2.